The van der Waals surface area contributed by atoms with Crippen molar-refractivity contribution in [2.24, 2.45) is 7.05 Å². The summed E-state index contributed by atoms with van der Waals surface area (Å²) in [6.07, 6.45) is 3.26. The van der Waals surface area contributed by atoms with E-state index in [-0.39, 0.29) is 18.4 Å². The zero-order valence-corrected chi connectivity index (χ0v) is 21.1. The maximum Gasteiger partial charge on any atom is 0.416 e. The SMILES string of the molecule is C[C@H](Nc1ncc(F)c(N2C(=O)OC[C@@H]2[C@@H](C)OC(C)(C)C)n1)c1ccc(-c2cnn(C)c2)cc1F. The summed E-state index contributed by atoms with van der Waals surface area (Å²) < 4.78 is 42.5. The number of hydrogen-bond donors (Lipinski definition) is 1. The highest BCUT2D eigenvalue weighted by molar-refractivity contribution is 5.89. The van der Waals surface area contributed by atoms with E-state index in [0.717, 1.165) is 16.7 Å². The van der Waals surface area contributed by atoms with Crippen LogP contribution < -0.4 is 10.2 Å². The zero-order valence-electron chi connectivity index (χ0n) is 21.1. The minimum Gasteiger partial charge on any atom is -0.447 e. The first-order valence-electron chi connectivity index (χ1n) is 11.6. The number of carbonyl (C=O) groups excluding carboxylic acids is 1. The average Bonchev–Trinajstić information content (AvgIpc) is 3.39. The standard InChI is InChI=1S/C25H30F2N6O3/c1-14(18-8-7-16(9-19(18)26)17-10-29-32(6)12-17)30-23-28-11-20(27)22(31-23)33-21(13-35-24(33)34)15(2)36-25(3,4)5/h7-12,14-15,21H,13H2,1-6H3,(H,28,30,31)/t14-,15+,21+/m0/s1. The number of carbonyl (C=O) groups is 1. The summed E-state index contributed by atoms with van der Waals surface area (Å²) in [5.74, 6) is -1.40. The van der Waals surface area contributed by atoms with E-state index in [9.17, 15) is 13.6 Å². The second-order valence-electron chi connectivity index (χ2n) is 9.82. The van der Waals surface area contributed by atoms with Crippen molar-refractivity contribution in [1.82, 2.24) is 19.7 Å². The molecule has 1 aliphatic heterocycles. The van der Waals surface area contributed by atoms with Crippen molar-refractivity contribution >= 4 is 17.9 Å². The summed E-state index contributed by atoms with van der Waals surface area (Å²) in [6.45, 7) is 9.24. The third kappa shape index (κ3) is 5.46. The molecule has 1 amide bonds. The first-order chi connectivity index (χ1) is 16.9. The zero-order chi connectivity index (χ0) is 26.2. The summed E-state index contributed by atoms with van der Waals surface area (Å²) in [7, 11) is 1.79. The molecular weight excluding hydrogens is 470 g/mol. The lowest BCUT2D eigenvalue weighted by Crippen LogP contribution is -2.45. The van der Waals surface area contributed by atoms with E-state index in [4.69, 9.17) is 9.47 Å². The molecule has 1 aromatic carbocycles. The Morgan fingerprint density at radius 1 is 1.17 bits per heavy atom. The molecule has 1 saturated heterocycles. The van der Waals surface area contributed by atoms with Gasteiger partial charge in [-0.1, -0.05) is 12.1 Å². The number of aromatic nitrogens is 4. The van der Waals surface area contributed by atoms with Crippen LogP contribution in [0.15, 0.2) is 36.8 Å². The molecule has 1 N–H and O–H groups in total. The van der Waals surface area contributed by atoms with Gasteiger partial charge in [-0.2, -0.15) is 10.1 Å². The molecule has 0 aliphatic carbocycles. The van der Waals surface area contributed by atoms with Crippen LogP contribution in [0.25, 0.3) is 11.1 Å². The molecule has 0 unspecified atom stereocenters. The molecule has 0 radical (unpaired) electrons. The highest BCUT2D eigenvalue weighted by Gasteiger charge is 2.41. The van der Waals surface area contributed by atoms with Gasteiger partial charge < -0.3 is 14.8 Å². The lowest BCUT2D eigenvalue weighted by molar-refractivity contribution is -0.0618. The molecule has 3 heterocycles. The largest absolute Gasteiger partial charge is 0.447 e. The van der Waals surface area contributed by atoms with Crippen LogP contribution in [0, 0.1) is 11.6 Å². The molecule has 192 valence electrons. The molecule has 3 atom stereocenters. The summed E-state index contributed by atoms with van der Waals surface area (Å²) in [6, 6.07) is 3.77. The van der Waals surface area contributed by atoms with Gasteiger partial charge in [-0.25, -0.2) is 23.5 Å². The molecule has 2 aromatic heterocycles. The Kier molecular flexibility index (Phi) is 6.94. The Morgan fingerprint density at radius 2 is 1.92 bits per heavy atom. The van der Waals surface area contributed by atoms with Crippen molar-refractivity contribution in [3.8, 4) is 11.1 Å². The Bertz CT molecular complexity index is 1260. The normalized spacial score (nSPS) is 17.7. The van der Waals surface area contributed by atoms with E-state index in [1.165, 1.54) is 6.07 Å². The Balaban J connectivity index is 1.55. The van der Waals surface area contributed by atoms with Gasteiger partial charge in [-0.15, -0.1) is 0 Å². The molecular formula is C25H30F2N6O3. The van der Waals surface area contributed by atoms with Crippen LogP contribution >= 0.6 is 0 Å². The van der Waals surface area contributed by atoms with E-state index < -0.39 is 41.5 Å². The van der Waals surface area contributed by atoms with Gasteiger partial charge in [-0.3, -0.25) is 4.68 Å². The minimum absolute atomic E-state index is 0.0349. The van der Waals surface area contributed by atoms with Gasteiger partial charge >= 0.3 is 6.09 Å². The number of nitrogens with zero attached hydrogens (tertiary/aromatic N) is 5. The fourth-order valence-corrected chi connectivity index (χ4v) is 4.16. The van der Waals surface area contributed by atoms with E-state index in [1.807, 2.05) is 20.8 Å². The molecule has 9 nitrogen and oxygen atoms in total. The molecule has 0 bridgehead atoms. The molecule has 11 heteroatoms. The van der Waals surface area contributed by atoms with Crippen molar-refractivity contribution in [3.63, 3.8) is 0 Å². The van der Waals surface area contributed by atoms with Crippen LogP contribution in [0.3, 0.4) is 0 Å². The van der Waals surface area contributed by atoms with Crippen LogP contribution in [0.4, 0.5) is 25.3 Å². The third-order valence-corrected chi connectivity index (χ3v) is 5.79. The van der Waals surface area contributed by atoms with Gasteiger partial charge in [0, 0.05) is 24.4 Å². The first-order valence-corrected chi connectivity index (χ1v) is 11.6. The van der Waals surface area contributed by atoms with Gasteiger partial charge in [0.05, 0.1) is 30.1 Å². The monoisotopic (exact) mass is 500 g/mol. The number of nitrogens with one attached hydrogen (secondary N) is 1. The molecule has 3 aromatic rings. The number of rotatable bonds is 7. The number of cyclic esters (lactones) is 1. The van der Waals surface area contributed by atoms with E-state index in [0.29, 0.717) is 11.1 Å². The highest BCUT2D eigenvalue weighted by Crippen LogP contribution is 2.30. The van der Waals surface area contributed by atoms with E-state index in [1.54, 1.807) is 50.1 Å². The summed E-state index contributed by atoms with van der Waals surface area (Å²) in [4.78, 5) is 21.9. The van der Waals surface area contributed by atoms with Crippen molar-refractivity contribution in [2.75, 3.05) is 16.8 Å². The number of benzene rings is 1. The smallest absolute Gasteiger partial charge is 0.416 e. The van der Waals surface area contributed by atoms with Crippen LogP contribution in [-0.4, -0.2) is 50.2 Å². The molecule has 0 saturated carbocycles. The lowest BCUT2D eigenvalue weighted by Gasteiger charge is -2.31. The maximum absolute atomic E-state index is 15.0. The van der Waals surface area contributed by atoms with Crippen LogP contribution in [0.1, 0.15) is 46.2 Å². The number of amides is 1. The van der Waals surface area contributed by atoms with Crippen LogP contribution in [0.2, 0.25) is 0 Å². The Labute approximate surface area is 208 Å². The molecule has 1 fully saturated rings. The Hall–Kier alpha value is -3.60. The second kappa shape index (κ2) is 9.81. The number of halogens is 2. The molecule has 36 heavy (non-hydrogen) atoms. The van der Waals surface area contributed by atoms with Gasteiger partial charge in [0.2, 0.25) is 5.95 Å². The van der Waals surface area contributed by atoms with Crippen molar-refractivity contribution in [2.45, 2.75) is 58.4 Å². The number of hydrogen-bond acceptors (Lipinski definition) is 7. The highest BCUT2D eigenvalue weighted by atomic mass is 19.1. The summed E-state index contributed by atoms with van der Waals surface area (Å²) >= 11 is 0. The van der Waals surface area contributed by atoms with E-state index >= 15 is 0 Å². The van der Waals surface area contributed by atoms with Crippen molar-refractivity contribution in [1.29, 1.82) is 0 Å². The summed E-state index contributed by atoms with van der Waals surface area (Å²) in [5, 5.41) is 7.11. The number of ether oxygens (including phenoxy) is 2. The average molecular weight is 501 g/mol. The lowest BCUT2D eigenvalue weighted by atomic mass is 10.0. The number of aryl methyl sites for hydroxylation is 1. The topological polar surface area (TPSA) is 94.4 Å². The predicted octanol–water partition coefficient (Wildman–Crippen LogP) is 4.86. The van der Waals surface area contributed by atoms with Gasteiger partial charge in [0.25, 0.3) is 0 Å². The van der Waals surface area contributed by atoms with Crippen LogP contribution in [-0.2, 0) is 16.5 Å². The second-order valence-corrected chi connectivity index (χ2v) is 9.82. The van der Waals surface area contributed by atoms with Crippen molar-refractivity contribution in [3.05, 3.63) is 54.0 Å². The minimum atomic E-state index is -0.785. The summed E-state index contributed by atoms with van der Waals surface area (Å²) in [5.41, 5.74) is 1.40. The fourth-order valence-electron chi connectivity index (χ4n) is 4.16. The molecule has 4 rings (SSSR count). The van der Waals surface area contributed by atoms with Gasteiger partial charge in [0.15, 0.2) is 11.6 Å². The Morgan fingerprint density at radius 3 is 2.56 bits per heavy atom. The quantitative estimate of drug-likeness (QED) is 0.495. The predicted molar refractivity (Wildman–Crippen MR) is 131 cm³/mol. The first kappa shape index (κ1) is 25.5. The van der Waals surface area contributed by atoms with E-state index in [2.05, 4.69) is 20.4 Å². The maximum atomic E-state index is 15.0. The van der Waals surface area contributed by atoms with Crippen LogP contribution in [0.5, 0.6) is 0 Å². The fraction of sp³-hybridized carbons (Fsp3) is 0.440. The molecule has 0 spiro atoms. The number of anilines is 2. The van der Waals surface area contributed by atoms with Crippen molar-refractivity contribution < 1.29 is 23.0 Å². The third-order valence-electron chi connectivity index (χ3n) is 5.79. The van der Waals surface area contributed by atoms with Gasteiger partial charge in [-0.05, 0) is 46.2 Å². The van der Waals surface area contributed by atoms with Gasteiger partial charge in [0.1, 0.15) is 18.5 Å². The molecule has 1 aliphatic rings.